The zero-order valence-electron chi connectivity index (χ0n) is 16.6. The Labute approximate surface area is 173 Å². The lowest BCUT2D eigenvalue weighted by Crippen LogP contribution is -2.58. The van der Waals surface area contributed by atoms with E-state index in [9.17, 15) is 9.59 Å². The van der Waals surface area contributed by atoms with E-state index in [0.717, 1.165) is 5.96 Å². The summed E-state index contributed by atoms with van der Waals surface area (Å²) in [6.07, 6.45) is -0.269. The van der Waals surface area contributed by atoms with E-state index in [2.05, 4.69) is 20.5 Å². The van der Waals surface area contributed by atoms with Crippen molar-refractivity contribution in [2.45, 2.75) is 46.3 Å². The molecule has 9 heteroatoms. The molecule has 0 radical (unpaired) electrons. The second-order valence-electron chi connectivity index (χ2n) is 8.25. The molecule has 8 nitrogen and oxygen atoms in total. The second-order valence-corrected chi connectivity index (χ2v) is 8.25. The third-order valence-electron chi connectivity index (χ3n) is 4.39. The van der Waals surface area contributed by atoms with E-state index in [-0.39, 0.29) is 42.0 Å². The number of halogens is 1. The molecule has 2 rings (SSSR count). The number of hydrogen-bond acceptors (Lipinski definition) is 6. The molecule has 0 spiro atoms. The fourth-order valence-electron chi connectivity index (χ4n) is 2.94. The van der Waals surface area contributed by atoms with Crippen LogP contribution in [0.25, 0.3) is 0 Å². The van der Waals surface area contributed by atoms with Crippen molar-refractivity contribution in [3.63, 3.8) is 0 Å². The Bertz CT molecular complexity index is 559. The lowest BCUT2D eigenvalue weighted by Gasteiger charge is -2.39. The second kappa shape index (κ2) is 8.62. The van der Waals surface area contributed by atoms with Crippen LogP contribution in [0.4, 0.5) is 4.79 Å². The summed E-state index contributed by atoms with van der Waals surface area (Å²) >= 11 is 0. The summed E-state index contributed by atoms with van der Waals surface area (Å²) in [7, 11) is 1.64. The van der Waals surface area contributed by atoms with E-state index in [0.29, 0.717) is 32.7 Å². The van der Waals surface area contributed by atoms with Gasteiger partial charge in [-0.2, -0.15) is 0 Å². The summed E-state index contributed by atoms with van der Waals surface area (Å²) in [6.45, 7) is 12.5. The highest BCUT2D eigenvalue weighted by molar-refractivity contribution is 14.0. The number of carbonyl (C=O) groups excluding carboxylic acids is 2. The number of guanidine groups is 1. The number of rotatable bonds is 3. The maximum Gasteiger partial charge on any atom is 0.410 e. The smallest absolute Gasteiger partial charge is 0.410 e. The van der Waals surface area contributed by atoms with Crippen LogP contribution in [0, 0.1) is 5.41 Å². The van der Waals surface area contributed by atoms with Crippen LogP contribution in [0.3, 0.4) is 0 Å². The molecule has 1 atom stereocenters. The van der Waals surface area contributed by atoms with Gasteiger partial charge in [-0.25, -0.2) is 4.79 Å². The SMILES string of the molecule is CNC(=O)C(C)(C)CNC1=NCC2CN(C(=O)OC(C)(C)C)CCN12.I. The molecule has 0 aromatic carbocycles. The Morgan fingerprint density at radius 3 is 2.46 bits per heavy atom. The third-order valence-corrected chi connectivity index (χ3v) is 4.39. The number of ether oxygens (including phenoxy) is 1. The van der Waals surface area contributed by atoms with Gasteiger partial charge in [-0.3, -0.25) is 9.79 Å². The van der Waals surface area contributed by atoms with Gasteiger partial charge in [0.1, 0.15) is 5.60 Å². The number of aliphatic imine (C=N–C) groups is 1. The molecule has 0 aromatic rings. The average Bonchev–Trinajstić information content (AvgIpc) is 2.92. The Kier molecular flexibility index (Phi) is 7.55. The molecule has 2 amide bonds. The molecule has 26 heavy (non-hydrogen) atoms. The standard InChI is InChI=1S/C17H31N5O3.HI/c1-16(2,3)25-15(24)21-7-8-22-12(10-21)9-19-14(22)20-11-17(4,5)13(23)18-6;/h12H,7-11H2,1-6H3,(H,18,23)(H,19,20);1H. The molecular formula is C17H32IN5O3. The van der Waals surface area contributed by atoms with Crippen LogP contribution in [0.5, 0.6) is 0 Å². The molecule has 2 aliphatic heterocycles. The Hall–Kier alpha value is -1.26. The van der Waals surface area contributed by atoms with Crippen LogP contribution in [-0.4, -0.2) is 79.2 Å². The van der Waals surface area contributed by atoms with Gasteiger partial charge in [0.05, 0.1) is 18.0 Å². The van der Waals surface area contributed by atoms with Crippen LogP contribution >= 0.6 is 24.0 Å². The number of fused-ring (bicyclic) bond motifs is 1. The fourth-order valence-corrected chi connectivity index (χ4v) is 2.94. The summed E-state index contributed by atoms with van der Waals surface area (Å²) in [6, 6.07) is 0.159. The van der Waals surface area contributed by atoms with Gasteiger partial charge in [0.15, 0.2) is 5.96 Å². The van der Waals surface area contributed by atoms with Crippen LogP contribution in [0.2, 0.25) is 0 Å². The van der Waals surface area contributed by atoms with Crippen molar-refractivity contribution >= 4 is 41.9 Å². The molecule has 1 fully saturated rings. The van der Waals surface area contributed by atoms with Gasteiger partial charge in [-0.1, -0.05) is 0 Å². The number of hydrogen-bond donors (Lipinski definition) is 2. The monoisotopic (exact) mass is 481 g/mol. The highest BCUT2D eigenvalue weighted by atomic mass is 127. The zero-order valence-corrected chi connectivity index (χ0v) is 18.9. The fraction of sp³-hybridized carbons (Fsp3) is 0.824. The lowest BCUT2D eigenvalue weighted by atomic mass is 9.92. The Morgan fingerprint density at radius 2 is 1.88 bits per heavy atom. The van der Waals surface area contributed by atoms with Crippen molar-refractivity contribution in [2.24, 2.45) is 10.4 Å². The van der Waals surface area contributed by atoms with E-state index in [1.165, 1.54) is 0 Å². The van der Waals surface area contributed by atoms with E-state index >= 15 is 0 Å². The van der Waals surface area contributed by atoms with E-state index in [1.807, 2.05) is 34.6 Å². The van der Waals surface area contributed by atoms with Crippen molar-refractivity contribution in [1.82, 2.24) is 20.4 Å². The topological polar surface area (TPSA) is 86.3 Å². The summed E-state index contributed by atoms with van der Waals surface area (Å²) in [5, 5.41) is 5.98. The molecule has 0 saturated carbocycles. The predicted octanol–water partition coefficient (Wildman–Crippen LogP) is 1.26. The Morgan fingerprint density at radius 1 is 1.23 bits per heavy atom. The molecule has 1 unspecified atom stereocenters. The van der Waals surface area contributed by atoms with Gasteiger partial charge in [0.25, 0.3) is 0 Å². The van der Waals surface area contributed by atoms with E-state index < -0.39 is 11.0 Å². The number of nitrogens with zero attached hydrogens (tertiary/aromatic N) is 3. The first-order valence-corrected chi connectivity index (χ1v) is 8.78. The molecular weight excluding hydrogens is 449 g/mol. The minimum atomic E-state index is -0.520. The van der Waals surface area contributed by atoms with E-state index in [1.54, 1.807) is 11.9 Å². The highest BCUT2D eigenvalue weighted by Gasteiger charge is 2.37. The van der Waals surface area contributed by atoms with Crippen molar-refractivity contribution in [3.05, 3.63) is 0 Å². The first kappa shape index (κ1) is 22.8. The number of carbonyl (C=O) groups is 2. The summed E-state index contributed by atoms with van der Waals surface area (Å²) in [5.74, 6) is 0.802. The van der Waals surface area contributed by atoms with Gasteiger partial charge < -0.3 is 25.2 Å². The third kappa shape index (κ3) is 5.62. The summed E-state index contributed by atoms with van der Waals surface area (Å²) < 4.78 is 5.45. The van der Waals surface area contributed by atoms with Crippen molar-refractivity contribution < 1.29 is 14.3 Å². The molecule has 2 aliphatic rings. The molecule has 1 saturated heterocycles. The molecule has 0 bridgehead atoms. The number of piperazine rings is 1. The Balaban J connectivity index is 0.00000338. The molecule has 0 aromatic heterocycles. The normalized spacial score (nSPS) is 19.9. The summed E-state index contributed by atoms with van der Waals surface area (Å²) in [5.41, 5.74) is -1.01. The van der Waals surface area contributed by atoms with Crippen LogP contribution < -0.4 is 10.6 Å². The minimum absolute atomic E-state index is 0. The first-order chi connectivity index (χ1) is 11.5. The van der Waals surface area contributed by atoms with Gasteiger partial charge in [0, 0.05) is 33.2 Å². The minimum Gasteiger partial charge on any atom is -0.444 e. The summed E-state index contributed by atoms with van der Waals surface area (Å²) in [4.78, 5) is 32.6. The van der Waals surface area contributed by atoms with Crippen molar-refractivity contribution in [1.29, 1.82) is 0 Å². The first-order valence-electron chi connectivity index (χ1n) is 8.78. The maximum absolute atomic E-state index is 12.2. The molecule has 2 heterocycles. The largest absolute Gasteiger partial charge is 0.444 e. The maximum atomic E-state index is 12.2. The van der Waals surface area contributed by atoms with Crippen LogP contribution in [0.1, 0.15) is 34.6 Å². The van der Waals surface area contributed by atoms with Crippen molar-refractivity contribution in [2.75, 3.05) is 39.8 Å². The highest BCUT2D eigenvalue weighted by Crippen LogP contribution is 2.20. The average molecular weight is 481 g/mol. The van der Waals surface area contributed by atoms with Gasteiger partial charge in [0.2, 0.25) is 5.91 Å². The van der Waals surface area contributed by atoms with Gasteiger partial charge in [-0.15, -0.1) is 24.0 Å². The quantitative estimate of drug-likeness (QED) is 0.593. The van der Waals surface area contributed by atoms with Crippen LogP contribution in [0.15, 0.2) is 4.99 Å². The van der Waals surface area contributed by atoms with Gasteiger partial charge in [-0.05, 0) is 34.6 Å². The molecule has 150 valence electrons. The predicted molar refractivity (Wildman–Crippen MR) is 112 cm³/mol. The number of amides is 2. The van der Waals surface area contributed by atoms with Gasteiger partial charge >= 0.3 is 6.09 Å². The van der Waals surface area contributed by atoms with Crippen LogP contribution in [-0.2, 0) is 9.53 Å². The van der Waals surface area contributed by atoms with Crippen molar-refractivity contribution in [3.8, 4) is 0 Å². The molecule has 2 N–H and O–H groups in total. The zero-order chi connectivity index (χ0) is 18.8. The lowest BCUT2D eigenvalue weighted by molar-refractivity contribution is -0.128. The number of nitrogens with one attached hydrogen (secondary N) is 2. The van der Waals surface area contributed by atoms with E-state index in [4.69, 9.17) is 4.74 Å². The molecule has 0 aliphatic carbocycles.